The number of rotatable bonds is 6. The van der Waals surface area contributed by atoms with Crippen LogP contribution in [0.25, 0.3) is 11.0 Å². The van der Waals surface area contributed by atoms with Gasteiger partial charge in [-0.05, 0) is 43.5 Å². The number of aryl methyl sites for hydroxylation is 1. The number of carbonyl (C=O) groups excluding carboxylic acids is 1. The molecule has 0 fully saturated rings. The Morgan fingerprint density at radius 1 is 1.23 bits per heavy atom. The van der Waals surface area contributed by atoms with Crippen molar-refractivity contribution in [3.8, 4) is 5.75 Å². The van der Waals surface area contributed by atoms with Gasteiger partial charge >= 0.3 is 5.63 Å². The molecule has 0 aliphatic carbocycles. The molecule has 0 N–H and O–H groups in total. The van der Waals surface area contributed by atoms with Gasteiger partial charge in [0.05, 0.1) is 0 Å². The lowest BCUT2D eigenvalue weighted by atomic mass is 10.0. The van der Waals surface area contributed by atoms with Crippen molar-refractivity contribution in [1.82, 2.24) is 0 Å². The van der Waals surface area contributed by atoms with Crippen LogP contribution in [0.3, 0.4) is 0 Å². The number of carboxylic acid groups (broad SMARTS) is 1. The smallest absolute Gasteiger partial charge is 0.339 e. The number of hydrogen-bond acceptors (Lipinski definition) is 5. The molecule has 0 spiro atoms. The Bertz CT molecular complexity index is 1020. The fourth-order valence-corrected chi connectivity index (χ4v) is 3.16. The molecule has 26 heavy (non-hydrogen) atoms. The van der Waals surface area contributed by atoms with Crippen LogP contribution in [0.5, 0.6) is 5.75 Å². The van der Waals surface area contributed by atoms with Crippen molar-refractivity contribution in [3.05, 3.63) is 74.0 Å². The quantitative estimate of drug-likeness (QED) is 0.577. The average Bonchev–Trinajstić information content (AvgIpc) is 2.60. The Morgan fingerprint density at radius 2 is 2.00 bits per heavy atom. The number of ether oxygens (including phenoxy) is 1. The van der Waals surface area contributed by atoms with E-state index >= 15 is 0 Å². The maximum Gasteiger partial charge on any atom is 0.339 e. The van der Waals surface area contributed by atoms with E-state index in [0.717, 1.165) is 21.0 Å². The number of hydrogen-bond donors (Lipinski definition) is 0. The summed E-state index contributed by atoms with van der Waals surface area (Å²) < 4.78 is 12.1. The number of halogens is 1. The molecule has 0 aliphatic rings. The van der Waals surface area contributed by atoms with Gasteiger partial charge in [0, 0.05) is 33.0 Å². The molecule has 2 aromatic carbocycles. The van der Waals surface area contributed by atoms with E-state index in [0.29, 0.717) is 23.5 Å². The van der Waals surface area contributed by atoms with E-state index < -0.39 is 11.6 Å². The van der Waals surface area contributed by atoms with Gasteiger partial charge in [-0.3, -0.25) is 0 Å². The van der Waals surface area contributed by atoms with Gasteiger partial charge in [-0.25, -0.2) is 4.79 Å². The zero-order chi connectivity index (χ0) is 18.7. The lowest BCUT2D eigenvalue weighted by molar-refractivity contribution is -0.305. The van der Waals surface area contributed by atoms with Gasteiger partial charge in [0.1, 0.15) is 17.9 Å². The summed E-state index contributed by atoms with van der Waals surface area (Å²) in [4.78, 5) is 22.8. The second-order valence-electron chi connectivity index (χ2n) is 5.90. The Labute approximate surface area is 158 Å². The van der Waals surface area contributed by atoms with Crippen molar-refractivity contribution in [2.45, 2.75) is 26.4 Å². The molecular formula is C20H16BrO5-. The van der Waals surface area contributed by atoms with Gasteiger partial charge in [-0.2, -0.15) is 0 Å². The van der Waals surface area contributed by atoms with Crippen LogP contribution in [0.4, 0.5) is 0 Å². The second kappa shape index (κ2) is 7.74. The van der Waals surface area contributed by atoms with Gasteiger partial charge in [0.25, 0.3) is 0 Å². The highest BCUT2D eigenvalue weighted by molar-refractivity contribution is 9.10. The van der Waals surface area contributed by atoms with E-state index in [1.807, 2.05) is 30.3 Å². The van der Waals surface area contributed by atoms with Crippen LogP contribution in [0, 0.1) is 6.92 Å². The van der Waals surface area contributed by atoms with Crippen molar-refractivity contribution < 1.29 is 19.1 Å². The molecule has 5 nitrogen and oxygen atoms in total. The molecule has 134 valence electrons. The highest BCUT2D eigenvalue weighted by Crippen LogP contribution is 2.26. The molecule has 3 rings (SSSR count). The first-order valence-corrected chi connectivity index (χ1v) is 8.87. The zero-order valence-electron chi connectivity index (χ0n) is 14.1. The van der Waals surface area contributed by atoms with Crippen molar-refractivity contribution in [1.29, 1.82) is 0 Å². The Kier molecular flexibility index (Phi) is 5.42. The van der Waals surface area contributed by atoms with E-state index in [-0.39, 0.29) is 12.8 Å². The van der Waals surface area contributed by atoms with E-state index in [4.69, 9.17) is 9.15 Å². The van der Waals surface area contributed by atoms with Crippen LogP contribution in [0.2, 0.25) is 0 Å². The highest BCUT2D eigenvalue weighted by Gasteiger charge is 2.12. The summed E-state index contributed by atoms with van der Waals surface area (Å²) in [6, 6.07) is 13.0. The molecule has 1 heterocycles. The third-order valence-electron chi connectivity index (χ3n) is 4.19. The lowest BCUT2D eigenvalue weighted by Crippen LogP contribution is -2.24. The van der Waals surface area contributed by atoms with E-state index in [2.05, 4.69) is 15.9 Å². The first-order valence-electron chi connectivity index (χ1n) is 8.08. The van der Waals surface area contributed by atoms with Crippen molar-refractivity contribution in [3.63, 3.8) is 0 Å². The highest BCUT2D eigenvalue weighted by atomic mass is 79.9. The van der Waals surface area contributed by atoms with Crippen LogP contribution < -0.4 is 15.5 Å². The van der Waals surface area contributed by atoms with Crippen molar-refractivity contribution >= 4 is 32.9 Å². The monoisotopic (exact) mass is 415 g/mol. The lowest BCUT2D eigenvalue weighted by Gasteiger charge is -2.11. The summed E-state index contributed by atoms with van der Waals surface area (Å²) in [6.45, 7) is 2.16. The van der Waals surface area contributed by atoms with E-state index in [1.165, 1.54) is 0 Å². The molecule has 0 saturated heterocycles. The molecule has 0 bridgehead atoms. The van der Waals surface area contributed by atoms with Gasteiger partial charge in [-0.1, -0.05) is 34.1 Å². The molecule has 0 unspecified atom stereocenters. The van der Waals surface area contributed by atoms with Crippen molar-refractivity contribution in [2.75, 3.05) is 0 Å². The van der Waals surface area contributed by atoms with Gasteiger partial charge in [-0.15, -0.1) is 0 Å². The fourth-order valence-electron chi connectivity index (χ4n) is 2.76. The van der Waals surface area contributed by atoms with E-state index in [9.17, 15) is 14.7 Å². The largest absolute Gasteiger partial charge is 0.550 e. The second-order valence-corrected chi connectivity index (χ2v) is 6.76. The Morgan fingerprint density at radius 3 is 2.73 bits per heavy atom. The SMILES string of the molecule is Cc1c(CCC(=O)[O-])c(=O)oc2cc(OCc3ccccc3Br)ccc12. The number of carboxylic acids is 1. The minimum atomic E-state index is -1.19. The van der Waals surface area contributed by atoms with Gasteiger partial charge in [0.15, 0.2) is 0 Å². The van der Waals surface area contributed by atoms with E-state index in [1.54, 1.807) is 19.1 Å². The third-order valence-corrected chi connectivity index (χ3v) is 4.96. The number of aliphatic carboxylic acids is 1. The summed E-state index contributed by atoms with van der Waals surface area (Å²) in [5.41, 5.74) is 1.97. The first-order chi connectivity index (χ1) is 12.5. The Balaban J connectivity index is 1.87. The zero-order valence-corrected chi connectivity index (χ0v) is 15.7. The average molecular weight is 416 g/mol. The summed E-state index contributed by atoms with van der Waals surface area (Å²) in [5, 5.41) is 11.4. The topological polar surface area (TPSA) is 79.6 Å². The molecule has 0 atom stereocenters. The predicted molar refractivity (Wildman–Crippen MR) is 99.0 cm³/mol. The summed E-state index contributed by atoms with van der Waals surface area (Å²) in [5.74, 6) is -0.613. The number of fused-ring (bicyclic) bond motifs is 1. The molecule has 0 aliphatic heterocycles. The van der Waals surface area contributed by atoms with Crippen LogP contribution in [-0.2, 0) is 17.8 Å². The first kappa shape index (κ1) is 18.2. The summed E-state index contributed by atoms with van der Waals surface area (Å²) in [7, 11) is 0. The summed E-state index contributed by atoms with van der Waals surface area (Å²) >= 11 is 3.48. The minimum Gasteiger partial charge on any atom is -0.550 e. The van der Waals surface area contributed by atoms with Gasteiger partial charge < -0.3 is 19.1 Å². The predicted octanol–water partition coefficient (Wildman–Crippen LogP) is 3.13. The maximum atomic E-state index is 12.2. The minimum absolute atomic E-state index is 0.0900. The molecular weight excluding hydrogens is 400 g/mol. The van der Waals surface area contributed by atoms with Crippen molar-refractivity contribution in [2.24, 2.45) is 0 Å². The Hall–Kier alpha value is -2.60. The molecule has 1 aromatic heterocycles. The standard InChI is InChI=1S/C20H17BrO5/c1-12-15-7-6-14(25-11-13-4-2-3-5-17(13)21)10-18(15)26-20(24)16(12)8-9-19(22)23/h2-7,10H,8-9,11H2,1H3,(H,22,23)/p-1. The fraction of sp³-hybridized carbons (Fsp3) is 0.200. The van der Waals surface area contributed by atoms with Crippen LogP contribution in [0.1, 0.15) is 23.1 Å². The molecule has 6 heteroatoms. The third kappa shape index (κ3) is 3.96. The normalized spacial score (nSPS) is 10.8. The number of benzene rings is 2. The maximum absolute atomic E-state index is 12.2. The molecule has 0 amide bonds. The molecule has 0 radical (unpaired) electrons. The molecule has 0 saturated carbocycles. The van der Waals surface area contributed by atoms with Crippen LogP contribution in [0.15, 0.2) is 56.1 Å². The van der Waals surface area contributed by atoms with Crippen LogP contribution >= 0.6 is 15.9 Å². The van der Waals surface area contributed by atoms with Gasteiger partial charge in [0.2, 0.25) is 0 Å². The molecule has 3 aromatic rings. The number of carbonyl (C=O) groups is 1. The van der Waals surface area contributed by atoms with Crippen LogP contribution in [-0.4, -0.2) is 5.97 Å². The summed E-state index contributed by atoms with van der Waals surface area (Å²) in [6.07, 6.45) is -0.128.